The Hall–Kier alpha value is -3.67. The molecule has 2 aliphatic rings. The molecule has 236 valence electrons. The van der Waals surface area contributed by atoms with E-state index in [1.54, 1.807) is 12.1 Å². The number of hydrogen-bond acceptors (Lipinski definition) is 8. The van der Waals surface area contributed by atoms with E-state index in [2.05, 4.69) is 62.6 Å². The van der Waals surface area contributed by atoms with E-state index >= 15 is 0 Å². The number of para-hydroxylation sites is 1. The minimum atomic E-state index is -4.74. The van der Waals surface area contributed by atoms with Crippen molar-refractivity contribution in [3.05, 3.63) is 71.4 Å². The van der Waals surface area contributed by atoms with Crippen molar-refractivity contribution >= 4 is 22.9 Å². The second-order valence-electron chi connectivity index (χ2n) is 11.4. The number of anilines is 3. The number of alkyl halides is 3. The lowest BCUT2D eigenvalue weighted by Gasteiger charge is -2.27. The smallest absolute Gasteiger partial charge is 0.386 e. The third-order valence-corrected chi connectivity index (χ3v) is 8.21. The summed E-state index contributed by atoms with van der Waals surface area (Å²) in [7, 11) is 0. The average Bonchev–Trinajstić information content (AvgIpc) is 3.35. The Bertz CT molecular complexity index is 1470. The minimum Gasteiger partial charge on any atom is -0.386 e. The normalized spacial score (nSPS) is 19.8. The highest BCUT2D eigenvalue weighted by molar-refractivity contribution is 5.82. The highest BCUT2D eigenvalue weighted by atomic mass is 19.4. The summed E-state index contributed by atoms with van der Waals surface area (Å²) >= 11 is 0. The van der Waals surface area contributed by atoms with Crippen LogP contribution in [0.15, 0.2) is 49.0 Å². The van der Waals surface area contributed by atoms with Gasteiger partial charge in [0.2, 0.25) is 0 Å². The molecule has 5 N–H and O–H groups in total. The fourth-order valence-electron chi connectivity index (χ4n) is 6.16. The van der Waals surface area contributed by atoms with Gasteiger partial charge in [-0.2, -0.15) is 13.2 Å². The van der Waals surface area contributed by atoms with E-state index in [1.165, 1.54) is 6.07 Å². The largest absolute Gasteiger partial charge is 0.417 e. The number of hydrogen-bond donors (Lipinski definition) is 5. The Kier molecular flexibility index (Phi) is 9.77. The van der Waals surface area contributed by atoms with Crippen LogP contribution >= 0.6 is 0 Å². The maximum atomic E-state index is 14.8. The van der Waals surface area contributed by atoms with Crippen LogP contribution in [0, 0.1) is 0 Å². The number of halogens is 3. The van der Waals surface area contributed by atoms with Crippen molar-refractivity contribution in [2.45, 2.75) is 64.4 Å². The van der Waals surface area contributed by atoms with Crippen LogP contribution in [0.1, 0.15) is 74.6 Å². The summed E-state index contributed by atoms with van der Waals surface area (Å²) in [5.74, 6) is 0.271. The second-order valence-corrected chi connectivity index (χ2v) is 11.4. The number of fused-ring (bicyclic) bond motifs is 1. The van der Waals surface area contributed by atoms with E-state index in [0.29, 0.717) is 36.7 Å². The van der Waals surface area contributed by atoms with E-state index in [0.717, 1.165) is 43.7 Å². The number of aliphatic hydroxyl groups is 1. The molecule has 1 saturated heterocycles. The van der Waals surface area contributed by atoms with Gasteiger partial charge in [-0.1, -0.05) is 45.5 Å². The molecule has 11 heteroatoms. The van der Waals surface area contributed by atoms with Crippen molar-refractivity contribution in [1.82, 2.24) is 20.6 Å². The maximum absolute atomic E-state index is 14.8. The van der Waals surface area contributed by atoms with E-state index in [9.17, 15) is 18.3 Å². The Labute approximate surface area is 257 Å². The van der Waals surface area contributed by atoms with Gasteiger partial charge in [0.05, 0.1) is 23.3 Å². The number of nitrogens with one attached hydrogen (secondary N) is 4. The molecule has 3 heterocycles. The van der Waals surface area contributed by atoms with Crippen molar-refractivity contribution in [3.8, 4) is 11.4 Å². The summed E-state index contributed by atoms with van der Waals surface area (Å²) in [6, 6.07) is 12.0. The third-order valence-electron chi connectivity index (χ3n) is 8.21. The summed E-state index contributed by atoms with van der Waals surface area (Å²) in [5, 5.41) is 24.0. The van der Waals surface area contributed by atoms with Crippen molar-refractivity contribution in [2.24, 2.45) is 0 Å². The van der Waals surface area contributed by atoms with Crippen LogP contribution < -0.4 is 26.2 Å². The van der Waals surface area contributed by atoms with Crippen molar-refractivity contribution in [3.63, 3.8) is 0 Å². The topological polar surface area (TPSA) is 97.4 Å². The number of rotatable bonds is 11. The lowest BCUT2D eigenvalue weighted by Crippen LogP contribution is -2.43. The molecule has 1 fully saturated rings. The molecule has 0 amide bonds. The first-order chi connectivity index (χ1) is 21.2. The lowest BCUT2D eigenvalue weighted by molar-refractivity contribution is -0.138. The van der Waals surface area contributed by atoms with Gasteiger partial charge in [0.1, 0.15) is 11.9 Å². The van der Waals surface area contributed by atoms with Crippen molar-refractivity contribution in [1.29, 1.82) is 0 Å². The predicted octanol–water partition coefficient (Wildman–Crippen LogP) is 6.34. The quantitative estimate of drug-likeness (QED) is 0.172. The molecule has 0 spiro atoms. The summed E-state index contributed by atoms with van der Waals surface area (Å²) in [6.45, 7) is 14.2. The van der Waals surface area contributed by atoms with Crippen LogP contribution in [0.25, 0.3) is 17.1 Å². The van der Waals surface area contributed by atoms with E-state index in [-0.39, 0.29) is 28.7 Å². The average molecular weight is 610 g/mol. The Morgan fingerprint density at radius 1 is 1.07 bits per heavy atom. The van der Waals surface area contributed by atoms with Gasteiger partial charge in [0.25, 0.3) is 0 Å². The summed E-state index contributed by atoms with van der Waals surface area (Å²) in [6.07, 6.45) is -3.60. The van der Waals surface area contributed by atoms with Gasteiger partial charge in [-0.25, -0.2) is 9.97 Å². The minimum absolute atomic E-state index is 0.0701. The van der Waals surface area contributed by atoms with Gasteiger partial charge in [-0.3, -0.25) is 0 Å². The molecule has 0 bridgehead atoms. The van der Waals surface area contributed by atoms with E-state index < -0.39 is 23.9 Å². The van der Waals surface area contributed by atoms with Gasteiger partial charge >= 0.3 is 6.18 Å². The number of piperazine rings is 1. The molecule has 2 aromatic carbocycles. The van der Waals surface area contributed by atoms with Gasteiger partial charge in [0, 0.05) is 72.6 Å². The highest BCUT2D eigenvalue weighted by Gasteiger charge is 2.44. The number of aliphatic hydroxyl groups excluding tert-OH is 1. The van der Waals surface area contributed by atoms with Crippen LogP contribution in [0.3, 0.4) is 0 Å². The van der Waals surface area contributed by atoms with Crippen LogP contribution in [-0.4, -0.2) is 53.8 Å². The standard InChI is InChI=1S/C33H42F3N7O/c1-5-16-43(17-6-2)27-11-9-8-10-21(27)20(4)39-28-18-25(26-19-37-14-15-38-26)41-32(42-28)22-12-13-24-29(30(22)33(34,35)36)31(44)23(7-3)40-24/h8-13,18,23,26,31,37-38,40,44H,4-7,14-17,19H2,1-3H3,(H,39,41,42). The van der Waals surface area contributed by atoms with Crippen LogP contribution in [-0.2, 0) is 6.18 Å². The molecule has 44 heavy (non-hydrogen) atoms. The summed E-state index contributed by atoms with van der Waals surface area (Å²) in [4.78, 5) is 11.6. The van der Waals surface area contributed by atoms with Gasteiger partial charge < -0.3 is 31.3 Å². The molecule has 0 radical (unpaired) electrons. The molecule has 3 aromatic rings. The zero-order valence-electron chi connectivity index (χ0n) is 25.6. The van der Waals surface area contributed by atoms with Crippen LogP contribution in [0.2, 0.25) is 0 Å². The van der Waals surface area contributed by atoms with Gasteiger partial charge in [0.15, 0.2) is 5.82 Å². The Morgan fingerprint density at radius 3 is 2.48 bits per heavy atom. The van der Waals surface area contributed by atoms with Crippen molar-refractivity contribution in [2.75, 3.05) is 48.3 Å². The first-order valence-corrected chi connectivity index (χ1v) is 15.5. The first kappa shape index (κ1) is 31.7. The molecule has 0 aliphatic carbocycles. The second kappa shape index (κ2) is 13.5. The molecule has 8 nitrogen and oxygen atoms in total. The van der Waals surface area contributed by atoms with Crippen molar-refractivity contribution < 1.29 is 18.3 Å². The number of nitrogens with zero attached hydrogens (tertiary/aromatic N) is 3. The molecule has 5 rings (SSSR count). The Balaban J connectivity index is 1.60. The molecule has 3 unspecified atom stereocenters. The maximum Gasteiger partial charge on any atom is 0.417 e. The summed E-state index contributed by atoms with van der Waals surface area (Å²) < 4.78 is 44.3. The predicted molar refractivity (Wildman–Crippen MR) is 171 cm³/mol. The fraction of sp³-hybridized carbons (Fsp3) is 0.455. The van der Waals surface area contributed by atoms with Crippen LogP contribution in [0.4, 0.5) is 30.4 Å². The zero-order valence-corrected chi connectivity index (χ0v) is 25.6. The highest BCUT2D eigenvalue weighted by Crippen LogP contribution is 2.48. The summed E-state index contributed by atoms with van der Waals surface area (Å²) in [5.41, 5.74) is 2.10. The number of aromatic nitrogens is 2. The first-order valence-electron chi connectivity index (χ1n) is 15.5. The fourth-order valence-corrected chi connectivity index (χ4v) is 6.16. The van der Waals surface area contributed by atoms with Gasteiger partial charge in [-0.05, 0) is 37.5 Å². The Morgan fingerprint density at radius 2 is 1.82 bits per heavy atom. The van der Waals surface area contributed by atoms with E-state index in [4.69, 9.17) is 0 Å². The lowest BCUT2D eigenvalue weighted by atomic mass is 9.94. The SMILES string of the molecule is C=C(Nc1cc(C2CNCCN2)nc(-c2ccc3c(c2C(F)(F)F)C(O)C(CC)N3)n1)c1ccccc1N(CCC)CCC. The molecule has 0 saturated carbocycles. The molecule has 2 aliphatic heterocycles. The zero-order chi connectivity index (χ0) is 31.4. The van der Waals surface area contributed by atoms with E-state index in [1.807, 2.05) is 25.1 Å². The number of benzene rings is 2. The monoisotopic (exact) mass is 609 g/mol. The molecule has 3 atom stereocenters. The third kappa shape index (κ3) is 6.55. The van der Waals surface area contributed by atoms with Crippen LogP contribution in [0.5, 0.6) is 0 Å². The van der Waals surface area contributed by atoms with Gasteiger partial charge in [-0.15, -0.1) is 0 Å². The molecule has 1 aromatic heterocycles. The molecular formula is C33H42F3N7O. The molecular weight excluding hydrogens is 567 g/mol.